The summed E-state index contributed by atoms with van der Waals surface area (Å²) in [4.78, 5) is 16.1. The van der Waals surface area contributed by atoms with Gasteiger partial charge in [-0.25, -0.2) is 27.2 Å². The Morgan fingerprint density at radius 1 is 1.15 bits per heavy atom. The Morgan fingerprint density at radius 2 is 1.82 bits per heavy atom. The van der Waals surface area contributed by atoms with Gasteiger partial charge in [-0.15, -0.1) is 5.10 Å². The second-order valence-corrected chi connectivity index (χ2v) is 9.60. The highest BCUT2D eigenvalue weighted by molar-refractivity contribution is 7.90. The van der Waals surface area contributed by atoms with E-state index in [-0.39, 0.29) is 40.2 Å². The molecule has 34 heavy (non-hydrogen) atoms. The van der Waals surface area contributed by atoms with E-state index in [0.29, 0.717) is 0 Å². The van der Waals surface area contributed by atoms with Crippen LogP contribution in [0.2, 0.25) is 5.15 Å². The van der Waals surface area contributed by atoms with Crippen LogP contribution in [0.1, 0.15) is 23.2 Å². The monoisotopic (exact) mass is 518 g/mol. The third-order valence-electron chi connectivity index (χ3n) is 5.18. The second kappa shape index (κ2) is 8.55. The van der Waals surface area contributed by atoms with Crippen molar-refractivity contribution >= 4 is 27.5 Å². The first-order valence-corrected chi connectivity index (χ1v) is 11.5. The van der Waals surface area contributed by atoms with Crippen molar-refractivity contribution in [2.45, 2.75) is 23.9 Å². The molecule has 180 valence electrons. The van der Waals surface area contributed by atoms with Gasteiger partial charge < -0.3 is 4.74 Å². The number of ether oxygens (including phenoxy) is 1. The maximum atomic E-state index is 13.0. The van der Waals surface area contributed by atoms with Gasteiger partial charge in [-0.1, -0.05) is 11.6 Å². The van der Waals surface area contributed by atoms with Crippen molar-refractivity contribution in [3.63, 3.8) is 0 Å². The molecule has 0 saturated heterocycles. The van der Waals surface area contributed by atoms with Gasteiger partial charge in [0.25, 0.3) is 15.9 Å². The fourth-order valence-corrected chi connectivity index (χ4v) is 4.16. The molecule has 8 nitrogen and oxygen atoms in total. The summed E-state index contributed by atoms with van der Waals surface area (Å²) < 4.78 is 84.9. The quantitative estimate of drug-likeness (QED) is 0.376. The van der Waals surface area contributed by atoms with E-state index < -0.39 is 39.9 Å². The van der Waals surface area contributed by atoms with Crippen molar-refractivity contribution in [3.8, 4) is 11.7 Å². The molecule has 2 aromatic heterocycles. The third-order valence-corrected chi connectivity index (χ3v) is 6.82. The molecule has 1 N–H and O–H groups in total. The number of hydrogen-bond acceptors (Lipinski definition) is 6. The summed E-state index contributed by atoms with van der Waals surface area (Å²) >= 11 is 6.04. The summed E-state index contributed by atoms with van der Waals surface area (Å²) in [5.74, 6) is -1.66. The molecule has 1 fully saturated rings. The largest absolute Gasteiger partial charge is 0.476 e. The zero-order chi connectivity index (χ0) is 24.7. The topological polar surface area (TPSA) is 103 Å². The zero-order valence-electron chi connectivity index (χ0n) is 17.0. The van der Waals surface area contributed by atoms with Crippen LogP contribution >= 0.6 is 11.6 Å². The van der Waals surface area contributed by atoms with Crippen LogP contribution in [0, 0.1) is 11.2 Å². The van der Waals surface area contributed by atoms with E-state index in [4.69, 9.17) is 16.3 Å². The molecule has 1 aromatic carbocycles. The number of rotatable bonds is 7. The molecule has 14 heteroatoms. The number of carbonyl (C=O) groups excluding carboxylic acids is 1. The number of nitrogens with one attached hydrogen (secondary N) is 1. The molecule has 1 aliphatic carbocycles. The first kappa shape index (κ1) is 24.0. The lowest BCUT2D eigenvalue weighted by Crippen LogP contribution is -2.31. The maximum Gasteiger partial charge on any atom is 0.397 e. The number of nitrogens with zero attached hydrogens (tertiary/aromatic N) is 3. The van der Waals surface area contributed by atoms with E-state index in [9.17, 15) is 30.8 Å². The molecular formula is C20H15ClF4N4O4S. The average molecular weight is 519 g/mol. The Balaban J connectivity index is 1.45. The lowest BCUT2D eigenvalue weighted by Gasteiger charge is -2.18. The van der Waals surface area contributed by atoms with Crippen LogP contribution in [-0.4, -0.2) is 41.9 Å². The summed E-state index contributed by atoms with van der Waals surface area (Å²) in [6, 6.07) is 7.69. The molecule has 4 rings (SSSR count). The van der Waals surface area contributed by atoms with Gasteiger partial charge >= 0.3 is 6.18 Å². The molecule has 0 radical (unpaired) electrons. The van der Waals surface area contributed by atoms with E-state index >= 15 is 0 Å². The van der Waals surface area contributed by atoms with E-state index in [2.05, 4.69) is 10.1 Å². The smallest absolute Gasteiger partial charge is 0.397 e. The van der Waals surface area contributed by atoms with E-state index in [0.717, 1.165) is 24.3 Å². The maximum absolute atomic E-state index is 13.0. The van der Waals surface area contributed by atoms with Crippen molar-refractivity contribution < 1.29 is 35.5 Å². The van der Waals surface area contributed by atoms with Gasteiger partial charge in [0.2, 0.25) is 5.88 Å². The standard InChI is InChI=1S/C20H15ClF4N4O4S/c21-17-14(18(30)28-34(31,32)13-3-1-12(22)2-4-13)5-6-15(26-17)29-10-7-16(27-29)33-11-19(8-9-19)20(23,24)25/h1-7,10H,8-9,11H2,(H,28,30). The van der Waals surface area contributed by atoms with Crippen molar-refractivity contribution in [2.75, 3.05) is 6.61 Å². The van der Waals surface area contributed by atoms with Crippen molar-refractivity contribution in [2.24, 2.45) is 5.41 Å². The minimum atomic E-state index is -4.36. The van der Waals surface area contributed by atoms with Gasteiger partial charge in [-0.05, 0) is 49.2 Å². The van der Waals surface area contributed by atoms with Gasteiger partial charge in [0.05, 0.1) is 10.5 Å². The zero-order valence-corrected chi connectivity index (χ0v) is 18.6. The van der Waals surface area contributed by atoms with E-state index in [1.165, 1.54) is 29.1 Å². The summed E-state index contributed by atoms with van der Waals surface area (Å²) in [6.45, 7) is -0.552. The Labute approximate surface area is 195 Å². The van der Waals surface area contributed by atoms with Crippen molar-refractivity contribution in [1.29, 1.82) is 0 Å². The molecule has 2 heterocycles. The molecule has 1 saturated carbocycles. The average Bonchev–Trinajstić information content (AvgIpc) is 3.42. The van der Waals surface area contributed by atoms with Crippen LogP contribution in [0.25, 0.3) is 5.82 Å². The summed E-state index contributed by atoms with van der Waals surface area (Å²) in [5, 5.41) is 3.64. The fraction of sp³-hybridized carbons (Fsp3) is 0.250. The highest BCUT2D eigenvalue weighted by Gasteiger charge is 2.64. The van der Waals surface area contributed by atoms with Gasteiger partial charge in [-0.3, -0.25) is 4.79 Å². The predicted molar refractivity (Wildman–Crippen MR) is 111 cm³/mol. The number of sulfonamides is 1. The van der Waals surface area contributed by atoms with Crippen LogP contribution in [0.4, 0.5) is 17.6 Å². The van der Waals surface area contributed by atoms with Crippen LogP contribution in [0.15, 0.2) is 53.6 Å². The SMILES string of the molecule is O=C(NS(=O)(=O)c1ccc(F)cc1)c1ccc(-n2ccc(OCC3(C(F)(F)F)CC3)n2)nc1Cl. The Morgan fingerprint density at radius 3 is 2.41 bits per heavy atom. The second-order valence-electron chi connectivity index (χ2n) is 7.56. The lowest BCUT2D eigenvalue weighted by molar-refractivity contribution is -0.194. The van der Waals surface area contributed by atoms with Gasteiger partial charge in [0.1, 0.15) is 23.0 Å². The summed E-state index contributed by atoms with van der Waals surface area (Å²) in [5.41, 5.74) is -2.11. The molecule has 1 aliphatic rings. The molecular weight excluding hydrogens is 504 g/mol. The van der Waals surface area contributed by atoms with Crippen molar-refractivity contribution in [3.05, 3.63) is 65.2 Å². The molecule has 0 bridgehead atoms. The normalized spacial score (nSPS) is 15.1. The Bertz CT molecular complexity index is 1340. The molecule has 1 amide bonds. The number of halogens is 5. The number of benzene rings is 1. The number of aromatic nitrogens is 3. The number of alkyl halides is 3. The number of amides is 1. The minimum absolute atomic E-state index is 0.00518. The van der Waals surface area contributed by atoms with Crippen molar-refractivity contribution in [1.82, 2.24) is 19.5 Å². The first-order valence-electron chi connectivity index (χ1n) is 9.65. The number of carbonyl (C=O) groups is 1. The Hall–Kier alpha value is -3.19. The van der Waals surface area contributed by atoms with Gasteiger partial charge in [0, 0.05) is 12.3 Å². The van der Waals surface area contributed by atoms with Crippen LogP contribution in [0.5, 0.6) is 5.88 Å². The molecule has 0 aliphatic heterocycles. The van der Waals surface area contributed by atoms with Crippen LogP contribution < -0.4 is 9.46 Å². The third kappa shape index (κ3) is 4.85. The summed E-state index contributed by atoms with van der Waals surface area (Å²) in [6.07, 6.45) is -2.99. The number of hydrogen-bond donors (Lipinski definition) is 1. The highest BCUT2D eigenvalue weighted by atomic mass is 35.5. The molecule has 0 unspecified atom stereocenters. The first-order chi connectivity index (χ1) is 15.9. The lowest BCUT2D eigenvalue weighted by atomic mass is 10.1. The van der Waals surface area contributed by atoms with E-state index in [1.807, 2.05) is 4.72 Å². The van der Waals surface area contributed by atoms with Crippen LogP contribution in [-0.2, 0) is 10.0 Å². The van der Waals surface area contributed by atoms with E-state index in [1.54, 1.807) is 0 Å². The molecule has 3 aromatic rings. The molecule has 0 atom stereocenters. The van der Waals surface area contributed by atoms with Crippen LogP contribution in [0.3, 0.4) is 0 Å². The van der Waals surface area contributed by atoms with Gasteiger partial charge in [-0.2, -0.15) is 13.2 Å². The summed E-state index contributed by atoms with van der Waals surface area (Å²) in [7, 11) is -4.29. The number of pyridine rings is 1. The molecule has 0 spiro atoms. The minimum Gasteiger partial charge on any atom is -0.476 e. The van der Waals surface area contributed by atoms with Gasteiger partial charge in [0.15, 0.2) is 5.82 Å². The fourth-order valence-electron chi connectivity index (χ4n) is 2.96. The highest BCUT2D eigenvalue weighted by Crippen LogP contribution is 2.57. The predicted octanol–water partition coefficient (Wildman–Crippen LogP) is 3.90. The Kier molecular flexibility index (Phi) is 6.02.